The molecule has 94 valence electrons. The van der Waals surface area contributed by atoms with Crippen molar-refractivity contribution >= 4 is 12.2 Å². The molecule has 17 heavy (non-hydrogen) atoms. The lowest BCUT2D eigenvalue weighted by Gasteiger charge is -2.08. The van der Waals surface area contributed by atoms with Gasteiger partial charge in [0.1, 0.15) is 0 Å². The Hall–Kier alpha value is -1.28. The second kappa shape index (κ2) is 5.37. The number of hydrogen-bond acceptors (Lipinski definition) is 5. The Bertz CT molecular complexity index is 367. The molecule has 2 saturated carbocycles. The number of isocyanates is 2. The predicted octanol–water partition coefficient (Wildman–Crippen LogP) is 1.15. The molecule has 0 radical (unpaired) electrons. The molecule has 0 heterocycles. The first-order valence-corrected chi connectivity index (χ1v) is 5.75. The van der Waals surface area contributed by atoms with Gasteiger partial charge in [0.05, 0.1) is 12.1 Å². The molecule has 0 amide bonds. The molecule has 5 nitrogen and oxygen atoms in total. The van der Waals surface area contributed by atoms with Gasteiger partial charge < -0.3 is 4.90 Å². The molecule has 0 N–H and O–H groups in total. The smallest absolute Gasteiger partial charge is 0.235 e. The van der Waals surface area contributed by atoms with Gasteiger partial charge in [-0.15, -0.1) is 0 Å². The highest BCUT2D eigenvalue weighted by Crippen LogP contribution is 2.68. The highest BCUT2D eigenvalue weighted by Gasteiger charge is 2.70. The minimum atomic E-state index is -0.213. The Kier molecular flexibility index (Phi) is 4.35. The fourth-order valence-corrected chi connectivity index (χ4v) is 2.68. The Labute approximate surface area is 102 Å². The summed E-state index contributed by atoms with van der Waals surface area (Å²) in [6.07, 6.45) is 7.09. The molecule has 2 rings (SSSR count). The number of carbonyl (C=O) groups excluding carboxylic acids is 2. The second-order valence-corrected chi connectivity index (χ2v) is 5.29. The van der Waals surface area contributed by atoms with Crippen molar-refractivity contribution < 1.29 is 9.59 Å². The first-order valence-electron chi connectivity index (χ1n) is 5.75. The van der Waals surface area contributed by atoms with Gasteiger partial charge in [0, 0.05) is 5.41 Å². The van der Waals surface area contributed by atoms with Gasteiger partial charge in [-0.2, -0.15) is 4.99 Å². The monoisotopic (exact) mass is 237 g/mol. The van der Waals surface area contributed by atoms with Crippen LogP contribution in [0.15, 0.2) is 9.98 Å². The van der Waals surface area contributed by atoms with Crippen molar-refractivity contribution in [3.8, 4) is 0 Å². The zero-order valence-electron chi connectivity index (χ0n) is 10.7. The van der Waals surface area contributed by atoms with Gasteiger partial charge in [0.15, 0.2) is 0 Å². The lowest BCUT2D eigenvalue weighted by Crippen LogP contribution is -2.14. The van der Waals surface area contributed by atoms with Crippen molar-refractivity contribution in [3.63, 3.8) is 0 Å². The Morgan fingerprint density at radius 3 is 2.35 bits per heavy atom. The maximum atomic E-state index is 10.2. The van der Waals surface area contributed by atoms with Crippen LogP contribution in [0.3, 0.4) is 0 Å². The molecule has 0 saturated heterocycles. The molecule has 0 spiro atoms. The van der Waals surface area contributed by atoms with Crippen LogP contribution >= 0.6 is 0 Å². The zero-order chi connectivity index (χ0) is 12.9. The molecule has 2 atom stereocenters. The van der Waals surface area contributed by atoms with Crippen LogP contribution in [0.25, 0.3) is 0 Å². The van der Waals surface area contributed by atoms with Crippen molar-refractivity contribution in [1.29, 1.82) is 0 Å². The summed E-state index contributed by atoms with van der Waals surface area (Å²) in [4.78, 5) is 29.7. The lowest BCUT2D eigenvalue weighted by molar-refractivity contribution is 0.471. The topological polar surface area (TPSA) is 62.1 Å². The van der Waals surface area contributed by atoms with Crippen LogP contribution in [0.2, 0.25) is 0 Å². The van der Waals surface area contributed by atoms with E-state index in [0.29, 0.717) is 6.54 Å². The van der Waals surface area contributed by atoms with Crippen LogP contribution in [-0.4, -0.2) is 50.3 Å². The lowest BCUT2D eigenvalue weighted by atomic mass is 10.0. The van der Waals surface area contributed by atoms with Gasteiger partial charge in [-0.1, -0.05) is 6.42 Å². The molecule has 0 aromatic carbocycles. The molecule has 2 aliphatic rings. The zero-order valence-corrected chi connectivity index (χ0v) is 10.7. The highest BCUT2D eigenvalue weighted by atomic mass is 16.1. The van der Waals surface area contributed by atoms with Crippen molar-refractivity contribution in [2.45, 2.75) is 31.2 Å². The first kappa shape index (κ1) is 13.8. The average Bonchev–Trinajstić information content (AvgIpc) is 2.72. The fraction of sp³-hybridized carbons (Fsp3) is 0.833. The molecule has 2 unspecified atom stereocenters. The van der Waals surface area contributed by atoms with E-state index in [2.05, 4.69) is 9.98 Å². The molecule has 2 fully saturated rings. The average molecular weight is 237 g/mol. The maximum absolute atomic E-state index is 10.2. The Morgan fingerprint density at radius 1 is 1.18 bits per heavy atom. The number of nitrogens with zero attached hydrogens (tertiary/aromatic N) is 3. The Balaban J connectivity index is 0.000000317. The van der Waals surface area contributed by atoms with Gasteiger partial charge in [-0.05, 0) is 40.4 Å². The van der Waals surface area contributed by atoms with Crippen LogP contribution in [0.1, 0.15) is 25.7 Å². The van der Waals surface area contributed by atoms with Crippen molar-refractivity contribution in [3.05, 3.63) is 0 Å². The SMILES string of the molecule is CN(C)C.O=C=NCC12CCCC1(N=C=O)C2. The maximum Gasteiger partial charge on any atom is 0.235 e. The number of aliphatic imine (C=N–C) groups is 2. The predicted molar refractivity (Wildman–Crippen MR) is 64.4 cm³/mol. The molecular weight excluding hydrogens is 218 g/mol. The van der Waals surface area contributed by atoms with E-state index < -0.39 is 0 Å². The van der Waals surface area contributed by atoms with Crippen molar-refractivity contribution in [1.82, 2.24) is 4.90 Å². The summed E-state index contributed by atoms with van der Waals surface area (Å²) in [5, 5.41) is 0. The third kappa shape index (κ3) is 2.89. The Morgan fingerprint density at radius 2 is 1.82 bits per heavy atom. The normalized spacial score (nSPS) is 32.7. The molecule has 0 aromatic heterocycles. The highest BCUT2D eigenvalue weighted by molar-refractivity contribution is 5.41. The number of hydrogen-bond donors (Lipinski definition) is 0. The standard InChI is InChI=1S/C9H10N2O2.C3H9N/c12-6-10-5-8-2-1-3-9(8,4-8)11-7-13;1-4(2)3/h1-5H2;1-3H3. The molecule has 2 aliphatic carbocycles. The van der Waals surface area contributed by atoms with E-state index in [9.17, 15) is 9.59 Å². The van der Waals surface area contributed by atoms with Gasteiger partial charge >= 0.3 is 0 Å². The summed E-state index contributed by atoms with van der Waals surface area (Å²) in [5.41, 5.74) is -0.211. The molecule has 5 heteroatoms. The summed E-state index contributed by atoms with van der Waals surface area (Å²) < 4.78 is 0. The van der Waals surface area contributed by atoms with E-state index >= 15 is 0 Å². The second-order valence-electron chi connectivity index (χ2n) is 5.29. The molecule has 0 aliphatic heterocycles. The largest absolute Gasteiger partial charge is 0.312 e. The van der Waals surface area contributed by atoms with E-state index in [1.165, 1.54) is 0 Å². The van der Waals surface area contributed by atoms with E-state index in [0.717, 1.165) is 25.7 Å². The van der Waals surface area contributed by atoms with E-state index in [4.69, 9.17) is 0 Å². The molecule has 0 aromatic rings. The van der Waals surface area contributed by atoms with Crippen LogP contribution in [0, 0.1) is 5.41 Å². The van der Waals surface area contributed by atoms with Gasteiger partial charge in [-0.3, -0.25) is 0 Å². The van der Waals surface area contributed by atoms with Gasteiger partial charge in [0.25, 0.3) is 0 Å². The van der Waals surface area contributed by atoms with Crippen LogP contribution in [0.4, 0.5) is 0 Å². The van der Waals surface area contributed by atoms with Crippen LogP contribution < -0.4 is 0 Å². The third-order valence-electron chi connectivity index (χ3n) is 3.44. The number of fused-ring (bicyclic) bond motifs is 1. The summed E-state index contributed by atoms with van der Waals surface area (Å²) in [6, 6.07) is 0. The third-order valence-corrected chi connectivity index (χ3v) is 3.44. The minimum absolute atomic E-state index is 0.00181. The first-order chi connectivity index (χ1) is 8.02. The van der Waals surface area contributed by atoms with Gasteiger partial charge in [0.2, 0.25) is 12.2 Å². The van der Waals surface area contributed by atoms with E-state index in [1.807, 2.05) is 26.0 Å². The summed E-state index contributed by atoms with van der Waals surface area (Å²) >= 11 is 0. The van der Waals surface area contributed by atoms with Crippen LogP contribution in [-0.2, 0) is 9.59 Å². The van der Waals surface area contributed by atoms with Crippen molar-refractivity contribution in [2.24, 2.45) is 15.4 Å². The minimum Gasteiger partial charge on any atom is -0.312 e. The van der Waals surface area contributed by atoms with E-state index in [1.54, 1.807) is 12.2 Å². The molecular formula is C12H19N3O2. The summed E-state index contributed by atoms with van der Waals surface area (Å²) in [7, 11) is 6.00. The summed E-state index contributed by atoms with van der Waals surface area (Å²) in [5.74, 6) is 0. The van der Waals surface area contributed by atoms with Crippen LogP contribution in [0.5, 0.6) is 0 Å². The van der Waals surface area contributed by atoms with Gasteiger partial charge in [-0.25, -0.2) is 14.6 Å². The van der Waals surface area contributed by atoms with Crippen molar-refractivity contribution in [2.75, 3.05) is 27.7 Å². The summed E-state index contributed by atoms with van der Waals surface area (Å²) in [6.45, 7) is 0.474. The molecule has 0 bridgehead atoms. The quantitative estimate of drug-likeness (QED) is 0.546. The number of rotatable bonds is 3. The van der Waals surface area contributed by atoms with E-state index in [-0.39, 0.29) is 11.0 Å². The fourth-order valence-electron chi connectivity index (χ4n) is 2.68.